The second-order valence-electron chi connectivity index (χ2n) is 4.84. The number of rotatable bonds is 5. The Hall–Kier alpha value is -2.07. The molecule has 0 saturated heterocycles. The Kier molecular flexibility index (Phi) is 4.58. The Labute approximate surface area is 117 Å². The highest BCUT2D eigenvalue weighted by molar-refractivity contribution is 5.37. The lowest BCUT2D eigenvalue weighted by molar-refractivity contribution is 0.446. The molecule has 0 spiro atoms. The lowest BCUT2D eigenvalue weighted by Crippen LogP contribution is -2.21. The van der Waals surface area contributed by atoms with Crippen LogP contribution >= 0.6 is 0 Å². The molecule has 0 bridgehead atoms. The van der Waals surface area contributed by atoms with Gasteiger partial charge in [-0.1, -0.05) is 12.1 Å². The summed E-state index contributed by atoms with van der Waals surface area (Å²) in [6, 6.07) is 11.0. The summed E-state index contributed by atoms with van der Waals surface area (Å²) in [5.41, 5.74) is 1.74. The molecule has 0 aliphatic carbocycles. The van der Waals surface area contributed by atoms with Gasteiger partial charge >= 0.3 is 0 Å². The average molecular weight is 275 g/mol. The van der Waals surface area contributed by atoms with Gasteiger partial charge in [0.15, 0.2) is 0 Å². The maximum Gasteiger partial charge on any atom is 0.123 e. The van der Waals surface area contributed by atoms with Crippen LogP contribution in [-0.4, -0.2) is 16.8 Å². The van der Waals surface area contributed by atoms with Crippen LogP contribution in [0.25, 0.3) is 0 Å². The monoisotopic (exact) mass is 275 g/mol. The quantitative estimate of drug-likeness (QED) is 0.785. The number of hydrogen-bond donors (Lipinski definition) is 3. The van der Waals surface area contributed by atoms with Gasteiger partial charge in [-0.25, -0.2) is 4.39 Å². The fourth-order valence-electron chi connectivity index (χ4n) is 2.11. The van der Waals surface area contributed by atoms with Gasteiger partial charge in [0, 0.05) is 12.1 Å². The van der Waals surface area contributed by atoms with Crippen molar-refractivity contribution in [3.63, 3.8) is 0 Å². The number of aromatic hydroxyl groups is 2. The van der Waals surface area contributed by atoms with Crippen molar-refractivity contribution >= 4 is 0 Å². The summed E-state index contributed by atoms with van der Waals surface area (Å²) in [5.74, 6) is -0.147. The number of benzene rings is 2. The van der Waals surface area contributed by atoms with E-state index in [1.54, 1.807) is 18.2 Å². The fraction of sp³-hybridized carbons (Fsp3) is 0.250. The summed E-state index contributed by atoms with van der Waals surface area (Å²) >= 11 is 0. The standard InChI is InChI=1S/C16H18FNO2/c1-11(13-8-15(19)10-16(20)9-13)18-6-5-12-3-2-4-14(17)7-12/h2-4,7-11,18-20H,5-6H2,1H3. The molecule has 0 aliphatic heterocycles. The minimum atomic E-state index is -0.228. The number of phenols is 2. The topological polar surface area (TPSA) is 52.5 Å². The lowest BCUT2D eigenvalue weighted by Gasteiger charge is -2.15. The zero-order valence-corrected chi connectivity index (χ0v) is 11.3. The zero-order valence-electron chi connectivity index (χ0n) is 11.3. The van der Waals surface area contributed by atoms with Crippen LogP contribution in [0.5, 0.6) is 11.5 Å². The molecule has 0 radical (unpaired) electrons. The maximum atomic E-state index is 13.0. The van der Waals surface area contributed by atoms with Gasteiger partial charge in [-0.2, -0.15) is 0 Å². The van der Waals surface area contributed by atoms with Crippen molar-refractivity contribution in [1.29, 1.82) is 0 Å². The SMILES string of the molecule is CC(NCCc1cccc(F)c1)c1cc(O)cc(O)c1. The number of phenolic OH excluding ortho intramolecular Hbond substituents is 2. The summed E-state index contributed by atoms with van der Waals surface area (Å²) in [5, 5.41) is 22.2. The van der Waals surface area contributed by atoms with Crippen molar-refractivity contribution in [3.05, 3.63) is 59.4 Å². The van der Waals surface area contributed by atoms with Crippen LogP contribution in [0.15, 0.2) is 42.5 Å². The van der Waals surface area contributed by atoms with E-state index >= 15 is 0 Å². The molecule has 106 valence electrons. The van der Waals surface area contributed by atoms with E-state index in [4.69, 9.17) is 0 Å². The van der Waals surface area contributed by atoms with Crippen molar-refractivity contribution in [3.8, 4) is 11.5 Å². The largest absolute Gasteiger partial charge is 0.508 e. The van der Waals surface area contributed by atoms with Crippen LogP contribution in [-0.2, 0) is 6.42 Å². The van der Waals surface area contributed by atoms with Gasteiger partial charge < -0.3 is 15.5 Å². The number of nitrogens with one attached hydrogen (secondary N) is 1. The first-order valence-corrected chi connectivity index (χ1v) is 6.55. The number of halogens is 1. The normalized spacial score (nSPS) is 12.3. The summed E-state index contributed by atoms with van der Waals surface area (Å²) in [4.78, 5) is 0. The van der Waals surface area contributed by atoms with Crippen molar-refractivity contribution < 1.29 is 14.6 Å². The minimum absolute atomic E-state index is 0.0124. The molecule has 4 heteroatoms. The third-order valence-electron chi connectivity index (χ3n) is 3.18. The molecular formula is C16H18FNO2. The van der Waals surface area contributed by atoms with Gasteiger partial charge in [-0.15, -0.1) is 0 Å². The Morgan fingerprint density at radius 3 is 2.45 bits per heavy atom. The molecule has 1 unspecified atom stereocenters. The van der Waals surface area contributed by atoms with Gasteiger partial charge in [0.1, 0.15) is 17.3 Å². The molecule has 3 nitrogen and oxygen atoms in total. The third kappa shape index (κ3) is 3.96. The molecule has 0 aromatic heterocycles. The van der Waals surface area contributed by atoms with E-state index in [-0.39, 0.29) is 23.4 Å². The highest BCUT2D eigenvalue weighted by Crippen LogP contribution is 2.24. The van der Waals surface area contributed by atoms with Gasteiger partial charge in [-0.05, 0) is 55.3 Å². The smallest absolute Gasteiger partial charge is 0.123 e. The zero-order chi connectivity index (χ0) is 14.5. The average Bonchev–Trinajstić information content (AvgIpc) is 2.37. The van der Waals surface area contributed by atoms with Crippen molar-refractivity contribution in [2.24, 2.45) is 0 Å². The molecule has 0 saturated carbocycles. The van der Waals surface area contributed by atoms with Crippen LogP contribution in [0.4, 0.5) is 4.39 Å². The highest BCUT2D eigenvalue weighted by atomic mass is 19.1. The maximum absolute atomic E-state index is 13.0. The lowest BCUT2D eigenvalue weighted by atomic mass is 10.1. The summed E-state index contributed by atoms with van der Waals surface area (Å²) in [7, 11) is 0. The second kappa shape index (κ2) is 6.39. The molecule has 3 N–H and O–H groups in total. The Bertz CT molecular complexity index is 566. The fourth-order valence-corrected chi connectivity index (χ4v) is 2.11. The molecule has 0 heterocycles. The van der Waals surface area contributed by atoms with Gasteiger partial charge in [0.05, 0.1) is 0 Å². The van der Waals surface area contributed by atoms with Crippen LogP contribution in [0.3, 0.4) is 0 Å². The molecule has 1 atom stereocenters. The Morgan fingerprint density at radius 1 is 1.10 bits per heavy atom. The second-order valence-corrected chi connectivity index (χ2v) is 4.84. The van der Waals surface area contributed by atoms with E-state index in [1.807, 2.05) is 13.0 Å². The highest BCUT2D eigenvalue weighted by Gasteiger charge is 2.07. The number of hydrogen-bond acceptors (Lipinski definition) is 3. The summed E-state index contributed by atoms with van der Waals surface area (Å²) in [6.45, 7) is 2.63. The molecule has 0 fully saturated rings. The predicted octanol–water partition coefficient (Wildman–Crippen LogP) is 3.13. The first-order valence-electron chi connectivity index (χ1n) is 6.55. The first-order chi connectivity index (χ1) is 9.54. The minimum Gasteiger partial charge on any atom is -0.508 e. The van der Waals surface area contributed by atoms with Gasteiger partial charge in [-0.3, -0.25) is 0 Å². The molecule has 0 aliphatic rings. The molecule has 2 rings (SSSR count). The third-order valence-corrected chi connectivity index (χ3v) is 3.18. The van der Waals surface area contributed by atoms with E-state index < -0.39 is 0 Å². The molecular weight excluding hydrogens is 257 g/mol. The van der Waals surface area contributed by atoms with Crippen LogP contribution in [0.2, 0.25) is 0 Å². The Morgan fingerprint density at radius 2 is 1.80 bits per heavy atom. The molecule has 2 aromatic rings. The van der Waals surface area contributed by atoms with Crippen LogP contribution < -0.4 is 5.32 Å². The van der Waals surface area contributed by atoms with Crippen molar-refractivity contribution in [2.45, 2.75) is 19.4 Å². The molecule has 20 heavy (non-hydrogen) atoms. The first kappa shape index (κ1) is 14.3. The van der Waals surface area contributed by atoms with E-state index in [1.165, 1.54) is 18.2 Å². The van der Waals surface area contributed by atoms with Crippen molar-refractivity contribution in [1.82, 2.24) is 5.32 Å². The van der Waals surface area contributed by atoms with Crippen LogP contribution in [0.1, 0.15) is 24.1 Å². The molecule has 0 amide bonds. The summed E-state index contributed by atoms with van der Waals surface area (Å²) in [6.07, 6.45) is 0.715. The van der Waals surface area contributed by atoms with E-state index in [0.29, 0.717) is 13.0 Å². The Balaban J connectivity index is 1.90. The van der Waals surface area contributed by atoms with Crippen molar-refractivity contribution in [2.75, 3.05) is 6.54 Å². The van der Waals surface area contributed by atoms with Crippen LogP contribution in [0, 0.1) is 5.82 Å². The summed E-state index contributed by atoms with van der Waals surface area (Å²) < 4.78 is 13.0. The molecule has 2 aromatic carbocycles. The van der Waals surface area contributed by atoms with E-state index in [2.05, 4.69) is 5.32 Å². The van der Waals surface area contributed by atoms with E-state index in [0.717, 1.165) is 11.1 Å². The van der Waals surface area contributed by atoms with Gasteiger partial charge in [0.2, 0.25) is 0 Å². The van der Waals surface area contributed by atoms with E-state index in [9.17, 15) is 14.6 Å². The predicted molar refractivity (Wildman–Crippen MR) is 76.3 cm³/mol. The van der Waals surface area contributed by atoms with Gasteiger partial charge in [0.25, 0.3) is 0 Å².